The number of nitrogens with zero attached hydrogens (tertiary/aromatic N) is 2. The molecule has 2 heterocycles. The van der Waals surface area contributed by atoms with Crippen LogP contribution in [0.5, 0.6) is 11.5 Å². The standard InChI is InChI=1S/C20H21N3O4S/c1-14-20(15(2)23(21-14)16-7-4-3-5-8-16)22-28(24,25)17-9-10-18-19(13-17)27-12-6-11-26-18/h3-5,7-10,13,22H,6,11-12H2,1-2H3. The smallest absolute Gasteiger partial charge is 0.262 e. The number of hydrogen-bond acceptors (Lipinski definition) is 5. The molecule has 0 fully saturated rings. The Labute approximate surface area is 164 Å². The van der Waals surface area contributed by atoms with E-state index in [-0.39, 0.29) is 4.90 Å². The van der Waals surface area contributed by atoms with Crippen LogP contribution in [0.2, 0.25) is 0 Å². The summed E-state index contributed by atoms with van der Waals surface area (Å²) in [4.78, 5) is 0.114. The second-order valence-corrected chi connectivity index (χ2v) is 8.24. The quantitative estimate of drug-likeness (QED) is 0.727. The molecule has 7 nitrogen and oxygen atoms in total. The molecule has 0 spiro atoms. The fraction of sp³-hybridized carbons (Fsp3) is 0.250. The molecule has 2 aromatic carbocycles. The summed E-state index contributed by atoms with van der Waals surface area (Å²) in [5, 5.41) is 4.49. The van der Waals surface area contributed by atoms with Crippen molar-refractivity contribution in [3.05, 3.63) is 59.9 Å². The van der Waals surface area contributed by atoms with Crippen LogP contribution in [0.1, 0.15) is 17.8 Å². The van der Waals surface area contributed by atoms with Crippen molar-refractivity contribution in [3.8, 4) is 17.2 Å². The van der Waals surface area contributed by atoms with Crippen LogP contribution < -0.4 is 14.2 Å². The number of ether oxygens (including phenoxy) is 2. The molecule has 1 aromatic heterocycles. The largest absolute Gasteiger partial charge is 0.490 e. The zero-order valence-electron chi connectivity index (χ0n) is 15.7. The Bertz CT molecular complexity index is 1110. The first kappa shape index (κ1) is 18.4. The van der Waals surface area contributed by atoms with Crippen LogP contribution in [0, 0.1) is 13.8 Å². The Morgan fingerprint density at radius 1 is 1.00 bits per heavy atom. The minimum absolute atomic E-state index is 0.114. The van der Waals surface area contributed by atoms with Gasteiger partial charge < -0.3 is 9.47 Å². The van der Waals surface area contributed by atoms with Gasteiger partial charge in [0.1, 0.15) is 0 Å². The van der Waals surface area contributed by atoms with Gasteiger partial charge in [0, 0.05) is 12.5 Å². The van der Waals surface area contributed by atoms with E-state index < -0.39 is 10.0 Å². The van der Waals surface area contributed by atoms with E-state index >= 15 is 0 Å². The summed E-state index contributed by atoms with van der Waals surface area (Å²) < 4.78 is 41.5. The highest BCUT2D eigenvalue weighted by molar-refractivity contribution is 7.92. The van der Waals surface area contributed by atoms with Gasteiger partial charge in [0.15, 0.2) is 11.5 Å². The maximum Gasteiger partial charge on any atom is 0.262 e. The van der Waals surface area contributed by atoms with Crippen LogP contribution >= 0.6 is 0 Å². The van der Waals surface area contributed by atoms with Gasteiger partial charge in [-0.25, -0.2) is 13.1 Å². The molecule has 1 aliphatic heterocycles. The van der Waals surface area contributed by atoms with Crippen LogP contribution in [0.4, 0.5) is 5.69 Å². The number of aryl methyl sites for hydroxylation is 1. The minimum atomic E-state index is -3.81. The van der Waals surface area contributed by atoms with Gasteiger partial charge in [-0.15, -0.1) is 0 Å². The van der Waals surface area contributed by atoms with Crippen LogP contribution in [0.3, 0.4) is 0 Å². The first-order valence-corrected chi connectivity index (χ1v) is 10.5. The van der Waals surface area contributed by atoms with Crippen LogP contribution in [-0.2, 0) is 10.0 Å². The molecule has 3 aromatic rings. The summed E-state index contributed by atoms with van der Waals surface area (Å²) in [6, 6.07) is 14.2. The molecule has 1 N–H and O–H groups in total. The second-order valence-electron chi connectivity index (χ2n) is 6.56. The molecule has 0 radical (unpaired) electrons. The van der Waals surface area contributed by atoms with Gasteiger partial charge in [-0.3, -0.25) is 4.72 Å². The van der Waals surface area contributed by atoms with E-state index in [2.05, 4.69) is 9.82 Å². The van der Waals surface area contributed by atoms with Gasteiger partial charge in [-0.1, -0.05) is 18.2 Å². The summed E-state index contributed by atoms with van der Waals surface area (Å²) in [6.45, 7) is 4.65. The maximum absolute atomic E-state index is 13.0. The number of hydrogen-bond donors (Lipinski definition) is 1. The van der Waals surface area contributed by atoms with Crippen LogP contribution in [0.25, 0.3) is 5.69 Å². The first-order valence-electron chi connectivity index (χ1n) is 9.00. The van der Waals surface area contributed by atoms with E-state index in [1.54, 1.807) is 17.7 Å². The molecule has 28 heavy (non-hydrogen) atoms. The van der Waals surface area contributed by atoms with Crippen molar-refractivity contribution in [1.82, 2.24) is 9.78 Å². The van der Waals surface area contributed by atoms with Crippen molar-refractivity contribution < 1.29 is 17.9 Å². The molecule has 0 saturated carbocycles. The molecule has 8 heteroatoms. The average Bonchev–Trinajstić information content (AvgIpc) is 2.87. The third-order valence-electron chi connectivity index (χ3n) is 4.56. The molecule has 0 aliphatic carbocycles. The number of aromatic nitrogens is 2. The molecular formula is C20H21N3O4S. The van der Waals surface area contributed by atoms with E-state index in [9.17, 15) is 8.42 Å². The molecule has 4 rings (SSSR count). The van der Waals surface area contributed by atoms with E-state index in [1.807, 2.05) is 37.3 Å². The molecule has 0 unspecified atom stereocenters. The molecule has 1 aliphatic rings. The molecular weight excluding hydrogens is 378 g/mol. The minimum Gasteiger partial charge on any atom is -0.490 e. The summed E-state index contributed by atoms with van der Waals surface area (Å²) in [7, 11) is -3.81. The van der Waals surface area contributed by atoms with Crippen molar-refractivity contribution in [2.75, 3.05) is 17.9 Å². The summed E-state index contributed by atoms with van der Waals surface area (Å²) in [6.07, 6.45) is 0.756. The number of fused-ring (bicyclic) bond motifs is 1. The Hall–Kier alpha value is -3.00. The number of para-hydroxylation sites is 1. The van der Waals surface area contributed by atoms with Gasteiger partial charge in [0.25, 0.3) is 10.0 Å². The molecule has 0 atom stereocenters. The van der Waals surface area contributed by atoms with Crippen molar-refractivity contribution >= 4 is 15.7 Å². The molecule has 0 saturated heterocycles. The topological polar surface area (TPSA) is 82.5 Å². The monoisotopic (exact) mass is 399 g/mol. The number of benzene rings is 2. The Kier molecular flexibility index (Phi) is 4.72. The number of rotatable bonds is 4. The van der Waals surface area contributed by atoms with E-state index in [0.717, 1.165) is 12.1 Å². The highest BCUT2D eigenvalue weighted by atomic mass is 32.2. The lowest BCUT2D eigenvalue weighted by atomic mass is 10.3. The van der Waals surface area contributed by atoms with E-state index in [1.165, 1.54) is 12.1 Å². The fourth-order valence-corrected chi connectivity index (χ4v) is 4.31. The summed E-state index contributed by atoms with van der Waals surface area (Å²) in [5.74, 6) is 0.995. The van der Waals surface area contributed by atoms with E-state index in [0.29, 0.717) is 41.8 Å². The van der Waals surface area contributed by atoms with Crippen molar-refractivity contribution in [3.63, 3.8) is 0 Å². The van der Waals surface area contributed by atoms with Gasteiger partial charge in [0.05, 0.1) is 40.9 Å². The SMILES string of the molecule is Cc1nn(-c2ccccc2)c(C)c1NS(=O)(=O)c1ccc2c(c1)OCCCO2. The first-order chi connectivity index (χ1) is 13.5. The third kappa shape index (κ3) is 3.43. The zero-order valence-corrected chi connectivity index (χ0v) is 16.5. The highest BCUT2D eigenvalue weighted by Gasteiger charge is 2.22. The van der Waals surface area contributed by atoms with Crippen LogP contribution in [0.15, 0.2) is 53.4 Å². The average molecular weight is 399 g/mol. The van der Waals surface area contributed by atoms with E-state index in [4.69, 9.17) is 9.47 Å². The van der Waals surface area contributed by atoms with Crippen molar-refractivity contribution in [2.45, 2.75) is 25.2 Å². The number of sulfonamides is 1. The fourth-order valence-electron chi connectivity index (χ4n) is 3.12. The van der Waals surface area contributed by atoms with Crippen molar-refractivity contribution in [1.29, 1.82) is 0 Å². The van der Waals surface area contributed by atoms with Crippen LogP contribution in [-0.4, -0.2) is 31.4 Å². The summed E-state index contributed by atoms with van der Waals surface area (Å²) in [5.41, 5.74) is 2.64. The summed E-state index contributed by atoms with van der Waals surface area (Å²) >= 11 is 0. The Balaban J connectivity index is 1.67. The molecule has 146 valence electrons. The van der Waals surface area contributed by atoms with Gasteiger partial charge in [0.2, 0.25) is 0 Å². The molecule has 0 amide bonds. The third-order valence-corrected chi connectivity index (χ3v) is 5.91. The van der Waals surface area contributed by atoms with Gasteiger partial charge in [-0.2, -0.15) is 5.10 Å². The lowest BCUT2D eigenvalue weighted by Crippen LogP contribution is -2.14. The predicted molar refractivity (Wildman–Crippen MR) is 106 cm³/mol. The Morgan fingerprint density at radius 2 is 1.71 bits per heavy atom. The normalized spacial score (nSPS) is 13.8. The lowest BCUT2D eigenvalue weighted by molar-refractivity contribution is 0.297. The predicted octanol–water partition coefficient (Wildman–Crippen LogP) is 3.45. The number of anilines is 1. The zero-order chi connectivity index (χ0) is 19.7. The van der Waals surface area contributed by atoms with Gasteiger partial charge >= 0.3 is 0 Å². The molecule has 0 bridgehead atoms. The van der Waals surface area contributed by atoms with Crippen molar-refractivity contribution in [2.24, 2.45) is 0 Å². The maximum atomic E-state index is 13.0. The van der Waals surface area contributed by atoms with Gasteiger partial charge in [-0.05, 0) is 38.1 Å². The second kappa shape index (κ2) is 7.20. The Morgan fingerprint density at radius 3 is 2.46 bits per heavy atom. The lowest BCUT2D eigenvalue weighted by Gasteiger charge is -2.12. The highest BCUT2D eigenvalue weighted by Crippen LogP contribution is 2.33. The number of nitrogens with one attached hydrogen (secondary N) is 1.